The Morgan fingerprint density at radius 1 is 1.11 bits per heavy atom. The standard InChI is InChI=1S/C12H11N3O3/c1-7-9(11(17)15-12(18)13-7)14-10(16)8-5-3-2-4-6-8/h2-6H,1H3,(H,14,16)(H2,13,15,17,18). The fourth-order valence-corrected chi connectivity index (χ4v) is 1.53. The maximum Gasteiger partial charge on any atom is 0.326 e. The van der Waals surface area contributed by atoms with E-state index in [1.54, 1.807) is 30.3 Å². The zero-order valence-electron chi connectivity index (χ0n) is 9.61. The second-order valence-corrected chi connectivity index (χ2v) is 3.73. The molecule has 0 bridgehead atoms. The highest BCUT2D eigenvalue weighted by atomic mass is 16.2. The molecule has 0 spiro atoms. The van der Waals surface area contributed by atoms with Gasteiger partial charge in [-0.1, -0.05) is 18.2 Å². The average Bonchev–Trinajstić information content (AvgIpc) is 2.34. The number of hydrogen-bond donors (Lipinski definition) is 3. The van der Waals surface area contributed by atoms with Crippen molar-refractivity contribution in [2.45, 2.75) is 6.92 Å². The van der Waals surface area contributed by atoms with Crippen LogP contribution < -0.4 is 16.6 Å². The summed E-state index contributed by atoms with van der Waals surface area (Å²) in [6.45, 7) is 1.54. The van der Waals surface area contributed by atoms with Crippen molar-refractivity contribution in [1.29, 1.82) is 0 Å². The SMILES string of the molecule is Cc1[nH]c(=O)[nH]c(=O)c1NC(=O)c1ccccc1. The van der Waals surface area contributed by atoms with Crippen LogP contribution in [0.4, 0.5) is 5.69 Å². The van der Waals surface area contributed by atoms with Gasteiger partial charge in [0.1, 0.15) is 5.69 Å². The number of carbonyl (C=O) groups is 1. The quantitative estimate of drug-likeness (QED) is 0.724. The highest BCUT2D eigenvalue weighted by Crippen LogP contribution is 2.06. The van der Waals surface area contributed by atoms with Gasteiger partial charge >= 0.3 is 5.69 Å². The van der Waals surface area contributed by atoms with Gasteiger partial charge in [0.05, 0.1) is 0 Å². The van der Waals surface area contributed by atoms with Crippen LogP contribution in [0.3, 0.4) is 0 Å². The van der Waals surface area contributed by atoms with Gasteiger partial charge in [0, 0.05) is 11.3 Å². The summed E-state index contributed by atoms with van der Waals surface area (Å²) in [5, 5.41) is 2.47. The van der Waals surface area contributed by atoms with Crippen molar-refractivity contribution in [2.24, 2.45) is 0 Å². The number of H-pyrrole nitrogens is 2. The second-order valence-electron chi connectivity index (χ2n) is 3.73. The largest absolute Gasteiger partial charge is 0.326 e. The van der Waals surface area contributed by atoms with Gasteiger partial charge < -0.3 is 10.3 Å². The fraction of sp³-hybridized carbons (Fsp3) is 0.0833. The third kappa shape index (κ3) is 2.37. The van der Waals surface area contributed by atoms with Gasteiger partial charge in [0.25, 0.3) is 11.5 Å². The summed E-state index contributed by atoms with van der Waals surface area (Å²) in [6, 6.07) is 8.49. The number of rotatable bonds is 2. The topological polar surface area (TPSA) is 94.8 Å². The minimum absolute atomic E-state index is 0.0449. The lowest BCUT2D eigenvalue weighted by Crippen LogP contribution is -2.28. The Labute approximate surface area is 102 Å². The highest BCUT2D eigenvalue weighted by molar-refractivity contribution is 6.04. The molecule has 6 heteroatoms. The Balaban J connectivity index is 2.34. The monoisotopic (exact) mass is 245 g/mol. The van der Waals surface area contributed by atoms with Crippen LogP contribution in [-0.2, 0) is 0 Å². The molecule has 92 valence electrons. The van der Waals surface area contributed by atoms with E-state index in [0.29, 0.717) is 11.3 Å². The fourth-order valence-electron chi connectivity index (χ4n) is 1.53. The summed E-state index contributed by atoms with van der Waals surface area (Å²) < 4.78 is 0. The molecule has 0 saturated carbocycles. The molecular formula is C12H11N3O3. The van der Waals surface area contributed by atoms with E-state index >= 15 is 0 Å². The molecule has 1 heterocycles. The summed E-state index contributed by atoms with van der Waals surface area (Å²) in [4.78, 5) is 38.8. The normalized spacial score (nSPS) is 10.1. The number of aryl methyl sites for hydroxylation is 1. The molecule has 1 amide bonds. The molecule has 0 unspecified atom stereocenters. The zero-order valence-corrected chi connectivity index (χ0v) is 9.61. The molecule has 0 radical (unpaired) electrons. The molecule has 1 aromatic heterocycles. The molecule has 0 saturated heterocycles. The molecule has 3 N–H and O–H groups in total. The van der Waals surface area contributed by atoms with Crippen molar-refractivity contribution < 1.29 is 4.79 Å². The van der Waals surface area contributed by atoms with Gasteiger partial charge in [-0.15, -0.1) is 0 Å². The van der Waals surface area contributed by atoms with E-state index in [1.165, 1.54) is 6.92 Å². The Morgan fingerprint density at radius 2 is 1.78 bits per heavy atom. The van der Waals surface area contributed by atoms with Crippen LogP contribution in [0.1, 0.15) is 16.1 Å². The highest BCUT2D eigenvalue weighted by Gasteiger charge is 2.11. The lowest BCUT2D eigenvalue weighted by molar-refractivity contribution is 0.102. The van der Waals surface area contributed by atoms with Crippen LogP contribution in [0, 0.1) is 6.92 Å². The summed E-state index contributed by atoms with van der Waals surface area (Å²) >= 11 is 0. The third-order valence-corrected chi connectivity index (χ3v) is 2.40. The van der Waals surface area contributed by atoms with E-state index in [1.807, 2.05) is 0 Å². The summed E-state index contributed by atoms with van der Waals surface area (Å²) in [7, 11) is 0. The maximum atomic E-state index is 11.8. The predicted octanol–water partition coefficient (Wildman–Crippen LogP) is 0.624. The van der Waals surface area contributed by atoms with Crippen LogP contribution >= 0.6 is 0 Å². The van der Waals surface area contributed by atoms with Crippen LogP contribution in [0.25, 0.3) is 0 Å². The first-order valence-corrected chi connectivity index (χ1v) is 5.27. The first-order valence-electron chi connectivity index (χ1n) is 5.27. The Bertz CT molecular complexity index is 686. The number of nitrogens with one attached hydrogen (secondary N) is 3. The minimum atomic E-state index is -0.625. The van der Waals surface area contributed by atoms with Crippen molar-refractivity contribution in [3.05, 3.63) is 62.4 Å². The lowest BCUT2D eigenvalue weighted by Gasteiger charge is -2.06. The third-order valence-electron chi connectivity index (χ3n) is 2.40. The summed E-state index contributed by atoms with van der Waals surface area (Å²) in [6.07, 6.45) is 0. The van der Waals surface area contributed by atoms with Crippen LogP contribution in [0.5, 0.6) is 0 Å². The molecule has 6 nitrogen and oxygen atoms in total. The Hall–Kier alpha value is -2.63. The molecule has 0 fully saturated rings. The second kappa shape index (κ2) is 4.70. The van der Waals surface area contributed by atoms with Crippen molar-refractivity contribution >= 4 is 11.6 Å². The molecule has 0 aliphatic heterocycles. The number of hydrogen-bond acceptors (Lipinski definition) is 3. The number of anilines is 1. The van der Waals surface area contributed by atoms with E-state index in [-0.39, 0.29) is 5.69 Å². The van der Waals surface area contributed by atoms with Crippen molar-refractivity contribution in [3.63, 3.8) is 0 Å². The van der Waals surface area contributed by atoms with Crippen molar-refractivity contribution in [2.75, 3.05) is 5.32 Å². The lowest BCUT2D eigenvalue weighted by atomic mass is 10.2. The van der Waals surface area contributed by atoms with Gasteiger partial charge in [-0.25, -0.2) is 4.79 Å². The van der Waals surface area contributed by atoms with Gasteiger partial charge in [-0.2, -0.15) is 0 Å². The zero-order chi connectivity index (χ0) is 13.1. The van der Waals surface area contributed by atoms with E-state index in [4.69, 9.17) is 0 Å². The summed E-state index contributed by atoms with van der Waals surface area (Å²) in [5.41, 5.74) is -0.435. The molecule has 0 aliphatic rings. The van der Waals surface area contributed by atoms with Crippen molar-refractivity contribution in [1.82, 2.24) is 9.97 Å². The molecule has 2 rings (SSSR count). The molecule has 0 atom stereocenters. The number of benzene rings is 1. The first-order chi connectivity index (χ1) is 8.58. The summed E-state index contributed by atoms with van der Waals surface area (Å²) in [5.74, 6) is -0.406. The Kier molecular flexibility index (Phi) is 3.09. The van der Waals surface area contributed by atoms with Crippen LogP contribution in [-0.4, -0.2) is 15.9 Å². The van der Waals surface area contributed by atoms with E-state index < -0.39 is 17.2 Å². The smallest absolute Gasteiger partial charge is 0.316 e. The van der Waals surface area contributed by atoms with Crippen LogP contribution in [0.15, 0.2) is 39.9 Å². The predicted molar refractivity (Wildman–Crippen MR) is 66.8 cm³/mol. The number of aromatic amines is 2. The first kappa shape index (κ1) is 11.8. The minimum Gasteiger partial charge on any atom is -0.316 e. The van der Waals surface area contributed by atoms with Crippen molar-refractivity contribution in [3.8, 4) is 0 Å². The van der Waals surface area contributed by atoms with Gasteiger partial charge in [0.2, 0.25) is 0 Å². The van der Waals surface area contributed by atoms with E-state index in [0.717, 1.165) is 0 Å². The van der Waals surface area contributed by atoms with Gasteiger partial charge in [-0.3, -0.25) is 14.6 Å². The Morgan fingerprint density at radius 3 is 2.39 bits per heavy atom. The number of carbonyl (C=O) groups excluding carboxylic acids is 1. The molecule has 1 aromatic carbocycles. The van der Waals surface area contributed by atoms with Gasteiger partial charge in [-0.05, 0) is 19.1 Å². The van der Waals surface area contributed by atoms with Crippen LogP contribution in [0.2, 0.25) is 0 Å². The van der Waals surface area contributed by atoms with E-state index in [2.05, 4.69) is 15.3 Å². The number of aromatic nitrogens is 2. The molecule has 18 heavy (non-hydrogen) atoms. The van der Waals surface area contributed by atoms with Gasteiger partial charge in [0.15, 0.2) is 0 Å². The molecule has 0 aliphatic carbocycles. The molecule has 2 aromatic rings. The number of amides is 1. The van der Waals surface area contributed by atoms with E-state index in [9.17, 15) is 14.4 Å². The average molecular weight is 245 g/mol. The molecular weight excluding hydrogens is 234 g/mol. The maximum absolute atomic E-state index is 11.8.